The average molecular weight is 539 g/mol. The Morgan fingerprint density at radius 2 is 1.33 bits per heavy atom. The normalized spacial score (nSPS) is 13.4. The molecule has 3 heteroatoms. The van der Waals surface area contributed by atoms with Gasteiger partial charge in [0.2, 0.25) is 0 Å². The second kappa shape index (κ2) is 7.01. The van der Waals surface area contributed by atoms with Gasteiger partial charge < -0.3 is 0 Å². The van der Waals surface area contributed by atoms with Gasteiger partial charge in [-0.2, -0.15) is 35.5 Å². The molecular weight excluding hydrogens is 523 g/mol. The number of hydrogen-bond acceptors (Lipinski definition) is 1. The predicted octanol–water partition coefficient (Wildman–Crippen LogP) is 2.30. The van der Waals surface area contributed by atoms with Gasteiger partial charge in [0.25, 0.3) is 0 Å². The van der Waals surface area contributed by atoms with Gasteiger partial charge in [-0.05, 0) is 33.6 Å². The van der Waals surface area contributed by atoms with Crippen molar-refractivity contribution in [2.24, 2.45) is 0 Å². The predicted molar refractivity (Wildman–Crippen MR) is 109 cm³/mol. The van der Waals surface area contributed by atoms with E-state index < -0.39 is 8.07 Å². The first-order valence-electron chi connectivity index (χ1n) is 8.71. The standard InChI is InChI=1S/C24H16NSi.Ir/c1-18-10-9-17-24(25-18)26(19-11-3-2-4-12-19)22-15-7-5-13-20(22)21-14-6-8-16-23(21)26;/h1-11,13-17H;/q-1;. The molecule has 0 N–H and O–H groups in total. The van der Waals surface area contributed by atoms with Gasteiger partial charge in [0.1, 0.15) is 0 Å². The van der Waals surface area contributed by atoms with Crippen LogP contribution in [0.5, 0.6) is 0 Å². The summed E-state index contributed by atoms with van der Waals surface area (Å²) in [5.41, 5.74) is 3.17. The van der Waals surface area contributed by atoms with Crippen molar-refractivity contribution in [3.63, 3.8) is 0 Å². The van der Waals surface area contributed by atoms with E-state index in [0.29, 0.717) is 5.69 Å². The molecule has 0 fully saturated rings. The van der Waals surface area contributed by atoms with Crippen molar-refractivity contribution >= 4 is 29.0 Å². The maximum absolute atomic E-state index is 6.10. The van der Waals surface area contributed by atoms with Crippen LogP contribution in [-0.4, -0.2) is 13.1 Å². The minimum absolute atomic E-state index is 0. The second-order valence-corrected chi connectivity index (χ2v) is 10.2. The quantitative estimate of drug-likeness (QED) is 0.248. The van der Waals surface area contributed by atoms with Crippen LogP contribution in [0.15, 0.2) is 91.0 Å². The molecular formula is C24H16IrNSi-. The molecule has 0 bridgehead atoms. The molecule has 0 atom stereocenters. The van der Waals surface area contributed by atoms with Crippen LogP contribution < -0.4 is 20.9 Å². The smallest absolute Gasteiger partial charge is 0.179 e. The molecule has 1 nitrogen and oxygen atoms in total. The Balaban J connectivity index is 0.00000180. The third kappa shape index (κ3) is 2.58. The Morgan fingerprint density at radius 1 is 0.704 bits per heavy atom. The monoisotopic (exact) mass is 539 g/mol. The molecule has 0 spiro atoms. The van der Waals surface area contributed by atoms with E-state index in [4.69, 9.17) is 11.9 Å². The SMILES string of the molecule is [CH]c1cccc([Si]2(c3[c-]cccc3)c3ccccc3-c3ccccc32)n1.[Ir]. The number of benzene rings is 3. The minimum Gasteiger partial charge on any atom is -0.261 e. The van der Waals surface area contributed by atoms with Crippen LogP contribution in [-0.2, 0) is 20.1 Å². The van der Waals surface area contributed by atoms with Gasteiger partial charge >= 0.3 is 0 Å². The zero-order valence-electron chi connectivity index (χ0n) is 14.5. The average Bonchev–Trinajstić information content (AvgIpc) is 3.00. The van der Waals surface area contributed by atoms with Gasteiger partial charge in [-0.15, -0.1) is 0 Å². The van der Waals surface area contributed by atoms with Gasteiger partial charge in [-0.3, -0.25) is 4.98 Å². The van der Waals surface area contributed by atoms with E-state index in [1.165, 1.54) is 26.7 Å². The summed E-state index contributed by atoms with van der Waals surface area (Å²) in [6, 6.07) is 35.3. The molecule has 1 aliphatic rings. The first kappa shape index (κ1) is 18.1. The summed E-state index contributed by atoms with van der Waals surface area (Å²) in [5.74, 6) is 0. The summed E-state index contributed by atoms with van der Waals surface area (Å²) in [7, 11) is -2.50. The molecule has 1 aliphatic heterocycles. The fraction of sp³-hybridized carbons (Fsp3) is 0. The Kier molecular flexibility index (Phi) is 4.69. The van der Waals surface area contributed by atoms with Crippen LogP contribution in [0.2, 0.25) is 0 Å². The summed E-state index contributed by atoms with van der Waals surface area (Å²) in [6.45, 7) is 6.10. The van der Waals surface area contributed by atoms with E-state index in [1.807, 2.05) is 24.3 Å². The molecule has 0 saturated carbocycles. The van der Waals surface area contributed by atoms with E-state index in [0.717, 1.165) is 5.32 Å². The maximum atomic E-state index is 6.10. The van der Waals surface area contributed by atoms with E-state index >= 15 is 0 Å². The third-order valence-electron chi connectivity index (χ3n) is 5.22. The van der Waals surface area contributed by atoms with Gasteiger partial charge in [0.05, 0.1) is 0 Å². The number of fused-ring (bicyclic) bond motifs is 3. The van der Waals surface area contributed by atoms with Gasteiger partial charge in [0, 0.05) is 38.0 Å². The zero-order chi connectivity index (χ0) is 17.6. The van der Waals surface area contributed by atoms with Crippen molar-refractivity contribution in [1.82, 2.24) is 4.98 Å². The van der Waals surface area contributed by atoms with Crippen LogP contribution in [0.4, 0.5) is 0 Å². The first-order valence-corrected chi connectivity index (χ1v) is 10.7. The molecule has 0 aliphatic carbocycles. The van der Waals surface area contributed by atoms with Crippen molar-refractivity contribution in [3.8, 4) is 11.1 Å². The number of hydrogen-bond donors (Lipinski definition) is 0. The molecule has 2 heterocycles. The number of aromatic nitrogens is 1. The van der Waals surface area contributed by atoms with Crippen molar-refractivity contribution in [3.05, 3.63) is 110 Å². The molecule has 0 unspecified atom stereocenters. The van der Waals surface area contributed by atoms with Crippen molar-refractivity contribution in [2.45, 2.75) is 0 Å². The third-order valence-corrected chi connectivity index (χ3v) is 9.87. The number of nitrogens with zero attached hydrogens (tertiary/aromatic N) is 1. The number of pyridine rings is 1. The van der Waals surface area contributed by atoms with E-state index in [-0.39, 0.29) is 20.1 Å². The Morgan fingerprint density at radius 3 is 1.93 bits per heavy atom. The fourth-order valence-electron chi connectivity index (χ4n) is 4.23. The van der Waals surface area contributed by atoms with Gasteiger partial charge in [-0.1, -0.05) is 54.6 Å². The summed E-state index contributed by atoms with van der Waals surface area (Å²) >= 11 is 0. The van der Waals surface area contributed by atoms with Crippen LogP contribution in [0.1, 0.15) is 5.69 Å². The summed E-state index contributed by atoms with van der Waals surface area (Å²) in [4.78, 5) is 4.82. The molecule has 0 amide bonds. The number of rotatable bonds is 2. The van der Waals surface area contributed by atoms with Crippen LogP contribution in [0, 0.1) is 13.0 Å². The molecule has 3 aromatic carbocycles. The summed E-state index contributed by atoms with van der Waals surface area (Å²) < 4.78 is 0. The van der Waals surface area contributed by atoms with E-state index in [2.05, 4.69) is 72.8 Å². The molecule has 1 aromatic heterocycles. The molecule has 4 aromatic rings. The van der Waals surface area contributed by atoms with E-state index in [1.54, 1.807) is 0 Å². The molecule has 3 radical (unpaired) electrons. The Hall–Kier alpha value is -2.32. The van der Waals surface area contributed by atoms with E-state index in [9.17, 15) is 0 Å². The van der Waals surface area contributed by atoms with Gasteiger partial charge in [0.15, 0.2) is 8.07 Å². The maximum Gasteiger partial charge on any atom is 0.179 e. The second-order valence-electron chi connectivity index (χ2n) is 6.57. The fourth-order valence-corrected chi connectivity index (χ4v) is 9.15. The largest absolute Gasteiger partial charge is 0.261 e. The van der Waals surface area contributed by atoms with Crippen LogP contribution in [0.3, 0.4) is 0 Å². The zero-order valence-corrected chi connectivity index (χ0v) is 17.9. The summed E-state index contributed by atoms with van der Waals surface area (Å²) in [6.07, 6.45) is 0. The molecule has 131 valence electrons. The minimum atomic E-state index is -2.50. The van der Waals surface area contributed by atoms with Crippen LogP contribution >= 0.6 is 0 Å². The molecule has 0 saturated heterocycles. The topological polar surface area (TPSA) is 12.9 Å². The Bertz CT molecular complexity index is 1060. The van der Waals surface area contributed by atoms with Crippen molar-refractivity contribution in [1.29, 1.82) is 0 Å². The molecule has 5 rings (SSSR count). The summed E-state index contributed by atoms with van der Waals surface area (Å²) in [5, 5.41) is 5.01. The van der Waals surface area contributed by atoms with Gasteiger partial charge in [-0.25, -0.2) is 0 Å². The van der Waals surface area contributed by atoms with Crippen molar-refractivity contribution < 1.29 is 20.1 Å². The Labute approximate surface area is 174 Å². The molecule has 27 heavy (non-hydrogen) atoms. The van der Waals surface area contributed by atoms with Crippen molar-refractivity contribution in [2.75, 3.05) is 0 Å². The van der Waals surface area contributed by atoms with Crippen LogP contribution in [0.25, 0.3) is 11.1 Å². The first-order chi connectivity index (χ1) is 12.8.